The molecule has 1 aliphatic rings. The number of alkyl halides is 4. The molecule has 1 saturated heterocycles. The summed E-state index contributed by atoms with van der Waals surface area (Å²) < 4.78 is 60.9. The van der Waals surface area contributed by atoms with Crippen molar-refractivity contribution in [1.29, 1.82) is 0 Å². The Hall–Kier alpha value is -3.45. The Labute approximate surface area is 215 Å². The second-order valence-corrected chi connectivity index (χ2v) is 8.53. The van der Waals surface area contributed by atoms with E-state index in [9.17, 15) is 17.6 Å². The van der Waals surface area contributed by atoms with Gasteiger partial charge in [0.25, 0.3) is 0 Å². The van der Waals surface area contributed by atoms with Gasteiger partial charge < -0.3 is 24.8 Å². The quantitative estimate of drug-likeness (QED) is 0.330. The first-order valence-electron chi connectivity index (χ1n) is 12.2. The maximum atomic E-state index is 14.6. The summed E-state index contributed by atoms with van der Waals surface area (Å²) >= 11 is 0. The molecular formula is C27H33F4N5O. The number of nitrogens with zero attached hydrogens (tertiary/aromatic N) is 3. The van der Waals surface area contributed by atoms with Gasteiger partial charge in [0.1, 0.15) is 12.7 Å². The van der Waals surface area contributed by atoms with Gasteiger partial charge in [-0.3, -0.25) is 0 Å². The third-order valence-corrected chi connectivity index (χ3v) is 5.91. The van der Waals surface area contributed by atoms with E-state index in [0.29, 0.717) is 41.1 Å². The molecule has 0 radical (unpaired) electrons. The first-order chi connectivity index (χ1) is 17.7. The summed E-state index contributed by atoms with van der Waals surface area (Å²) in [4.78, 5) is 6.01. The SMILES string of the molecule is CC.COc1ccc(NCC#Cc2cc3c(N[C@@H]4CCN(C)C[C@@H]4F)cccc3n2CC(F)(F)F)cn1. The maximum Gasteiger partial charge on any atom is 0.406 e. The standard InChI is InChI=1S/C25H27F4N5O.C2H6/c1-33-12-10-22(20(26)15-33)32-21-6-3-7-23-19(21)13-18(34(23)16-25(27,28)29)5-4-11-30-17-8-9-24(35-2)31-14-17;1-2/h3,6-9,13-14,20,22,30,32H,10-12,15-16H2,1-2H3;1-2H3/t20-,22+;/m0./s1. The summed E-state index contributed by atoms with van der Waals surface area (Å²) in [6.07, 6.45) is -3.30. The topological polar surface area (TPSA) is 54.4 Å². The number of hydrogen-bond acceptors (Lipinski definition) is 5. The van der Waals surface area contributed by atoms with Crippen LogP contribution >= 0.6 is 0 Å². The number of ether oxygens (including phenoxy) is 1. The van der Waals surface area contributed by atoms with Crippen LogP contribution < -0.4 is 15.4 Å². The van der Waals surface area contributed by atoms with Crippen LogP contribution in [0.25, 0.3) is 10.9 Å². The fourth-order valence-corrected chi connectivity index (χ4v) is 4.17. The van der Waals surface area contributed by atoms with E-state index in [1.54, 1.807) is 42.6 Å². The lowest BCUT2D eigenvalue weighted by atomic mass is 10.0. The normalized spacial score (nSPS) is 17.8. The number of pyridine rings is 1. The van der Waals surface area contributed by atoms with E-state index in [4.69, 9.17) is 4.74 Å². The summed E-state index contributed by atoms with van der Waals surface area (Å²) in [5.74, 6) is 6.22. The summed E-state index contributed by atoms with van der Waals surface area (Å²) in [5, 5.41) is 6.87. The number of hydrogen-bond donors (Lipinski definition) is 2. The Balaban J connectivity index is 0.00000186. The summed E-state index contributed by atoms with van der Waals surface area (Å²) in [6.45, 7) is 4.11. The molecule has 4 rings (SSSR count). The van der Waals surface area contributed by atoms with E-state index >= 15 is 0 Å². The second-order valence-electron chi connectivity index (χ2n) is 8.53. The molecule has 1 fully saturated rings. The maximum absolute atomic E-state index is 14.6. The van der Waals surface area contributed by atoms with Gasteiger partial charge >= 0.3 is 6.18 Å². The van der Waals surface area contributed by atoms with Gasteiger partial charge in [0.15, 0.2) is 0 Å². The molecule has 0 aliphatic carbocycles. The monoisotopic (exact) mass is 519 g/mol. The molecule has 0 amide bonds. The van der Waals surface area contributed by atoms with E-state index in [2.05, 4.69) is 27.5 Å². The molecule has 2 N–H and O–H groups in total. The molecule has 0 unspecified atom stereocenters. The minimum absolute atomic E-state index is 0.214. The minimum atomic E-state index is -4.42. The fourth-order valence-electron chi connectivity index (χ4n) is 4.17. The molecular weight excluding hydrogens is 486 g/mol. The van der Waals surface area contributed by atoms with Crippen molar-refractivity contribution in [3.05, 3.63) is 48.3 Å². The van der Waals surface area contributed by atoms with Gasteiger partial charge in [-0.25, -0.2) is 9.37 Å². The van der Waals surface area contributed by atoms with E-state index < -0.39 is 24.9 Å². The molecule has 0 saturated carbocycles. The van der Waals surface area contributed by atoms with Crippen molar-refractivity contribution in [2.45, 2.75) is 45.2 Å². The molecule has 6 nitrogen and oxygen atoms in total. The van der Waals surface area contributed by atoms with Crippen LogP contribution in [0.1, 0.15) is 26.0 Å². The lowest BCUT2D eigenvalue weighted by Crippen LogP contribution is -2.46. The van der Waals surface area contributed by atoms with Crippen LogP contribution in [0.15, 0.2) is 42.6 Å². The number of nitrogens with one attached hydrogen (secondary N) is 2. The van der Waals surface area contributed by atoms with Crippen molar-refractivity contribution >= 4 is 22.3 Å². The molecule has 1 aromatic carbocycles. The Morgan fingerprint density at radius 3 is 2.62 bits per heavy atom. The molecule has 2 atom stereocenters. The molecule has 3 aromatic rings. The van der Waals surface area contributed by atoms with Crippen LogP contribution in [-0.2, 0) is 6.54 Å². The third-order valence-electron chi connectivity index (χ3n) is 5.91. The van der Waals surface area contributed by atoms with Gasteiger partial charge in [0.05, 0.1) is 42.8 Å². The zero-order chi connectivity index (χ0) is 27.0. The van der Waals surface area contributed by atoms with Gasteiger partial charge in [-0.05, 0) is 43.7 Å². The molecule has 3 heterocycles. The zero-order valence-corrected chi connectivity index (χ0v) is 21.5. The molecule has 200 valence electrons. The summed E-state index contributed by atoms with van der Waals surface area (Å²) in [7, 11) is 3.39. The van der Waals surface area contributed by atoms with E-state index in [-0.39, 0.29) is 12.2 Å². The highest BCUT2D eigenvalue weighted by atomic mass is 19.4. The number of halogens is 4. The molecule has 37 heavy (non-hydrogen) atoms. The Morgan fingerprint density at radius 2 is 1.97 bits per heavy atom. The van der Waals surface area contributed by atoms with Crippen LogP contribution in [0.3, 0.4) is 0 Å². The van der Waals surface area contributed by atoms with Gasteiger partial charge in [-0.1, -0.05) is 25.8 Å². The van der Waals surface area contributed by atoms with Crippen LogP contribution in [-0.4, -0.2) is 66.6 Å². The highest BCUT2D eigenvalue weighted by molar-refractivity contribution is 5.94. The van der Waals surface area contributed by atoms with E-state index in [0.717, 1.165) is 11.1 Å². The largest absolute Gasteiger partial charge is 0.481 e. The van der Waals surface area contributed by atoms with Crippen molar-refractivity contribution in [3.8, 4) is 17.7 Å². The smallest absolute Gasteiger partial charge is 0.406 e. The van der Waals surface area contributed by atoms with E-state index in [1.165, 1.54) is 7.11 Å². The van der Waals surface area contributed by atoms with Crippen molar-refractivity contribution in [1.82, 2.24) is 14.5 Å². The highest BCUT2D eigenvalue weighted by Gasteiger charge is 2.31. The number of fused-ring (bicyclic) bond motifs is 1. The minimum Gasteiger partial charge on any atom is -0.481 e. The number of aromatic nitrogens is 2. The lowest BCUT2D eigenvalue weighted by Gasteiger charge is -2.33. The van der Waals surface area contributed by atoms with Crippen molar-refractivity contribution < 1.29 is 22.3 Å². The average Bonchev–Trinajstić information content (AvgIpc) is 3.22. The Bertz CT molecular complexity index is 1210. The number of rotatable bonds is 6. The van der Waals surface area contributed by atoms with Gasteiger partial charge in [-0.15, -0.1) is 0 Å². The van der Waals surface area contributed by atoms with Crippen molar-refractivity contribution in [2.75, 3.05) is 44.4 Å². The predicted molar refractivity (Wildman–Crippen MR) is 140 cm³/mol. The number of anilines is 2. The molecule has 0 spiro atoms. The molecule has 2 aromatic heterocycles. The zero-order valence-electron chi connectivity index (χ0n) is 21.5. The van der Waals surface area contributed by atoms with Crippen molar-refractivity contribution in [2.24, 2.45) is 0 Å². The Morgan fingerprint density at radius 1 is 1.19 bits per heavy atom. The molecule has 0 bridgehead atoms. The number of methoxy groups -OCH3 is 1. The van der Waals surface area contributed by atoms with E-state index in [1.807, 2.05) is 25.8 Å². The highest BCUT2D eigenvalue weighted by Crippen LogP contribution is 2.31. The van der Waals surface area contributed by atoms with Crippen LogP contribution in [0, 0.1) is 11.8 Å². The molecule has 1 aliphatic heterocycles. The summed E-state index contributed by atoms with van der Waals surface area (Å²) in [5.41, 5.74) is 1.95. The van der Waals surface area contributed by atoms with Gasteiger partial charge in [-0.2, -0.15) is 13.2 Å². The average molecular weight is 520 g/mol. The third kappa shape index (κ3) is 7.52. The number of likely N-dealkylation sites (tertiary alicyclic amines) is 1. The lowest BCUT2D eigenvalue weighted by molar-refractivity contribution is -0.140. The fraction of sp³-hybridized carbons (Fsp3) is 0.444. The molecule has 10 heteroatoms. The second kappa shape index (κ2) is 12.7. The number of piperidine rings is 1. The van der Waals surface area contributed by atoms with Gasteiger partial charge in [0, 0.05) is 30.2 Å². The Kier molecular flexibility index (Phi) is 9.64. The van der Waals surface area contributed by atoms with Crippen LogP contribution in [0.2, 0.25) is 0 Å². The first-order valence-corrected chi connectivity index (χ1v) is 12.2. The van der Waals surface area contributed by atoms with Gasteiger partial charge in [0.2, 0.25) is 5.88 Å². The van der Waals surface area contributed by atoms with Crippen molar-refractivity contribution in [3.63, 3.8) is 0 Å². The number of benzene rings is 1. The van der Waals surface area contributed by atoms with Crippen LogP contribution in [0.4, 0.5) is 28.9 Å². The predicted octanol–water partition coefficient (Wildman–Crippen LogP) is 5.55. The first kappa shape index (κ1) is 28.1. The summed E-state index contributed by atoms with van der Waals surface area (Å²) in [6, 6.07) is 9.76. The van der Waals surface area contributed by atoms with Crippen LogP contribution in [0.5, 0.6) is 5.88 Å².